The summed E-state index contributed by atoms with van der Waals surface area (Å²) in [7, 11) is 0. The average Bonchev–Trinajstić information content (AvgIpc) is 2.73. The molecule has 0 saturated carbocycles. The summed E-state index contributed by atoms with van der Waals surface area (Å²) in [5, 5.41) is 15.7. The van der Waals surface area contributed by atoms with E-state index in [9.17, 15) is 0 Å². The Morgan fingerprint density at radius 1 is 1.41 bits per heavy atom. The molecule has 0 radical (unpaired) electrons. The highest BCUT2D eigenvalue weighted by Gasteiger charge is 2.04. The summed E-state index contributed by atoms with van der Waals surface area (Å²) >= 11 is 0. The summed E-state index contributed by atoms with van der Waals surface area (Å²) < 4.78 is 4.99. The van der Waals surface area contributed by atoms with Crippen molar-refractivity contribution in [2.45, 2.75) is 20.4 Å². The van der Waals surface area contributed by atoms with Gasteiger partial charge in [-0.15, -0.1) is 0 Å². The molecule has 1 heterocycles. The van der Waals surface area contributed by atoms with Gasteiger partial charge in [0.25, 0.3) is 0 Å². The van der Waals surface area contributed by atoms with Crippen molar-refractivity contribution in [1.29, 1.82) is 5.26 Å². The Bertz CT molecular complexity index is 568. The average molecular weight is 228 g/mol. The van der Waals surface area contributed by atoms with E-state index in [1.165, 1.54) is 0 Å². The van der Waals surface area contributed by atoms with Gasteiger partial charge in [0.1, 0.15) is 0 Å². The number of nitriles is 1. The maximum absolute atomic E-state index is 8.76. The molecule has 0 bridgehead atoms. The third kappa shape index (κ3) is 2.61. The summed E-state index contributed by atoms with van der Waals surface area (Å²) in [6.45, 7) is 4.20. The minimum Gasteiger partial charge on any atom is -0.376 e. The van der Waals surface area contributed by atoms with Crippen molar-refractivity contribution in [2.75, 3.05) is 5.32 Å². The molecule has 1 aromatic carbocycles. The van der Waals surface area contributed by atoms with Crippen molar-refractivity contribution < 1.29 is 4.52 Å². The van der Waals surface area contributed by atoms with Crippen LogP contribution in [0.1, 0.15) is 22.8 Å². The minimum atomic E-state index is 0.480. The highest BCUT2D eigenvalue weighted by atomic mass is 16.5. The summed E-state index contributed by atoms with van der Waals surface area (Å²) in [5.41, 5.74) is 2.63. The molecular formula is C12H12N4O. The second kappa shape index (κ2) is 4.66. The first kappa shape index (κ1) is 11.1. The van der Waals surface area contributed by atoms with E-state index in [0.717, 1.165) is 11.3 Å². The zero-order chi connectivity index (χ0) is 12.3. The van der Waals surface area contributed by atoms with E-state index in [4.69, 9.17) is 9.78 Å². The predicted molar refractivity (Wildman–Crippen MR) is 62.3 cm³/mol. The molecule has 0 amide bonds. The van der Waals surface area contributed by atoms with Crippen LogP contribution >= 0.6 is 0 Å². The van der Waals surface area contributed by atoms with Gasteiger partial charge in [-0.1, -0.05) is 5.16 Å². The molecule has 86 valence electrons. The van der Waals surface area contributed by atoms with Gasteiger partial charge < -0.3 is 9.84 Å². The van der Waals surface area contributed by atoms with Gasteiger partial charge in [0.15, 0.2) is 5.82 Å². The maximum atomic E-state index is 8.76. The van der Waals surface area contributed by atoms with Crippen LogP contribution in [0.15, 0.2) is 22.7 Å². The molecule has 5 heteroatoms. The van der Waals surface area contributed by atoms with E-state index < -0.39 is 0 Å². The van der Waals surface area contributed by atoms with Crippen LogP contribution in [-0.2, 0) is 6.54 Å². The van der Waals surface area contributed by atoms with Crippen LogP contribution in [0, 0.1) is 25.2 Å². The van der Waals surface area contributed by atoms with Crippen LogP contribution in [0.2, 0.25) is 0 Å². The van der Waals surface area contributed by atoms with E-state index in [1.54, 1.807) is 13.0 Å². The molecule has 1 N–H and O–H groups in total. The Balaban J connectivity index is 2.07. The van der Waals surface area contributed by atoms with E-state index in [0.29, 0.717) is 23.8 Å². The Hall–Kier alpha value is -2.35. The lowest BCUT2D eigenvalue weighted by Gasteiger charge is -2.07. The van der Waals surface area contributed by atoms with Crippen molar-refractivity contribution in [3.63, 3.8) is 0 Å². The topological polar surface area (TPSA) is 74.7 Å². The van der Waals surface area contributed by atoms with E-state index in [-0.39, 0.29) is 0 Å². The van der Waals surface area contributed by atoms with Crippen LogP contribution in [-0.4, -0.2) is 10.1 Å². The zero-order valence-electron chi connectivity index (χ0n) is 9.69. The van der Waals surface area contributed by atoms with Crippen molar-refractivity contribution >= 4 is 5.69 Å². The molecule has 5 nitrogen and oxygen atoms in total. The second-order valence-corrected chi connectivity index (χ2v) is 3.73. The number of aromatic nitrogens is 2. The quantitative estimate of drug-likeness (QED) is 0.871. The van der Waals surface area contributed by atoms with Gasteiger partial charge in [0.2, 0.25) is 5.89 Å². The molecule has 2 aromatic rings. The lowest BCUT2D eigenvalue weighted by Crippen LogP contribution is -2.01. The third-order valence-electron chi connectivity index (χ3n) is 2.36. The first-order valence-electron chi connectivity index (χ1n) is 5.23. The maximum Gasteiger partial charge on any atom is 0.245 e. The van der Waals surface area contributed by atoms with E-state index in [1.807, 2.05) is 19.1 Å². The summed E-state index contributed by atoms with van der Waals surface area (Å²) in [4.78, 5) is 4.10. The standard InChI is InChI=1S/C12H12N4O/c1-8-5-10(6-13)3-4-11(8)14-7-12-15-9(2)16-17-12/h3-5,14H,7H2,1-2H3. The summed E-state index contributed by atoms with van der Waals surface area (Å²) in [6, 6.07) is 7.58. The Morgan fingerprint density at radius 2 is 2.24 bits per heavy atom. The normalized spacial score (nSPS) is 9.94. The SMILES string of the molecule is Cc1noc(CNc2ccc(C#N)cc2C)n1. The Labute approximate surface area is 99.1 Å². The smallest absolute Gasteiger partial charge is 0.245 e. The van der Waals surface area contributed by atoms with Gasteiger partial charge >= 0.3 is 0 Å². The number of hydrogen-bond acceptors (Lipinski definition) is 5. The molecule has 1 aromatic heterocycles. The van der Waals surface area contributed by atoms with Gasteiger partial charge in [0.05, 0.1) is 18.2 Å². The van der Waals surface area contributed by atoms with Crippen LogP contribution in [0.3, 0.4) is 0 Å². The number of nitrogens with zero attached hydrogens (tertiary/aromatic N) is 3. The predicted octanol–water partition coefficient (Wildman–Crippen LogP) is 2.17. The second-order valence-electron chi connectivity index (χ2n) is 3.73. The highest BCUT2D eigenvalue weighted by molar-refractivity contribution is 5.53. The fourth-order valence-electron chi connectivity index (χ4n) is 1.51. The first-order chi connectivity index (χ1) is 8.19. The van der Waals surface area contributed by atoms with E-state index in [2.05, 4.69) is 21.5 Å². The number of rotatable bonds is 3. The molecule has 0 aliphatic heterocycles. The molecule has 0 aliphatic rings. The zero-order valence-corrected chi connectivity index (χ0v) is 9.69. The molecule has 0 spiro atoms. The minimum absolute atomic E-state index is 0.480. The monoisotopic (exact) mass is 228 g/mol. The van der Waals surface area contributed by atoms with Crippen molar-refractivity contribution in [3.8, 4) is 6.07 Å². The molecule has 0 aliphatic carbocycles. The largest absolute Gasteiger partial charge is 0.376 e. The number of benzene rings is 1. The molecule has 2 rings (SSSR count). The summed E-state index contributed by atoms with van der Waals surface area (Å²) in [5.74, 6) is 1.17. The van der Waals surface area contributed by atoms with Crippen molar-refractivity contribution in [1.82, 2.24) is 10.1 Å². The fourth-order valence-corrected chi connectivity index (χ4v) is 1.51. The molecular weight excluding hydrogens is 216 g/mol. The number of aryl methyl sites for hydroxylation is 2. The lowest BCUT2D eigenvalue weighted by molar-refractivity contribution is 0.379. The fraction of sp³-hybridized carbons (Fsp3) is 0.250. The Morgan fingerprint density at radius 3 is 2.82 bits per heavy atom. The molecule has 0 unspecified atom stereocenters. The number of nitrogens with one attached hydrogen (secondary N) is 1. The number of anilines is 1. The van der Waals surface area contributed by atoms with Gasteiger partial charge in [-0.05, 0) is 37.6 Å². The van der Waals surface area contributed by atoms with Crippen LogP contribution < -0.4 is 5.32 Å². The number of hydrogen-bond donors (Lipinski definition) is 1. The molecule has 0 fully saturated rings. The van der Waals surface area contributed by atoms with E-state index >= 15 is 0 Å². The van der Waals surface area contributed by atoms with Crippen molar-refractivity contribution in [2.24, 2.45) is 0 Å². The van der Waals surface area contributed by atoms with Gasteiger partial charge in [-0.2, -0.15) is 10.2 Å². The van der Waals surface area contributed by atoms with Gasteiger partial charge in [-0.3, -0.25) is 0 Å². The third-order valence-corrected chi connectivity index (χ3v) is 2.36. The molecule has 0 atom stereocenters. The summed E-state index contributed by atoms with van der Waals surface area (Å²) in [6.07, 6.45) is 0. The van der Waals surface area contributed by atoms with Crippen LogP contribution in [0.4, 0.5) is 5.69 Å². The van der Waals surface area contributed by atoms with Gasteiger partial charge in [0, 0.05) is 5.69 Å². The molecule has 17 heavy (non-hydrogen) atoms. The van der Waals surface area contributed by atoms with Gasteiger partial charge in [-0.25, -0.2) is 0 Å². The Kier molecular flexibility index (Phi) is 3.06. The first-order valence-corrected chi connectivity index (χ1v) is 5.23. The van der Waals surface area contributed by atoms with Crippen LogP contribution in [0.5, 0.6) is 0 Å². The highest BCUT2D eigenvalue weighted by Crippen LogP contribution is 2.16. The molecule has 0 saturated heterocycles. The van der Waals surface area contributed by atoms with Crippen LogP contribution in [0.25, 0.3) is 0 Å². The van der Waals surface area contributed by atoms with Crippen molar-refractivity contribution in [3.05, 3.63) is 41.0 Å². The lowest BCUT2D eigenvalue weighted by atomic mass is 10.1.